The second-order valence-electron chi connectivity index (χ2n) is 8.25. The summed E-state index contributed by atoms with van der Waals surface area (Å²) < 4.78 is 10.8. The highest BCUT2D eigenvalue weighted by atomic mass is 16.5. The van der Waals surface area contributed by atoms with E-state index < -0.39 is 0 Å². The summed E-state index contributed by atoms with van der Waals surface area (Å²) in [6, 6.07) is 6.72. The van der Waals surface area contributed by atoms with Crippen LogP contribution in [0, 0.1) is 23.2 Å². The van der Waals surface area contributed by atoms with Crippen LogP contribution in [0.4, 0.5) is 0 Å². The minimum Gasteiger partial charge on any atom is -0.462 e. The molecule has 0 amide bonds. The van der Waals surface area contributed by atoms with Gasteiger partial charge in [0, 0.05) is 0 Å². The quantitative estimate of drug-likeness (QED) is 0.589. The summed E-state index contributed by atoms with van der Waals surface area (Å²) in [6.45, 7) is 2.38. The fraction of sp³-hybridized carbons (Fsp3) is 0.619. The van der Waals surface area contributed by atoms with Gasteiger partial charge >= 0.3 is 11.9 Å². The van der Waals surface area contributed by atoms with Gasteiger partial charge in [-0.15, -0.1) is 0 Å². The van der Waals surface area contributed by atoms with Gasteiger partial charge in [0.15, 0.2) is 0 Å². The van der Waals surface area contributed by atoms with Crippen LogP contribution in [0.15, 0.2) is 24.3 Å². The molecule has 4 aliphatic rings. The van der Waals surface area contributed by atoms with E-state index in [0.29, 0.717) is 17.9 Å². The lowest BCUT2D eigenvalue weighted by molar-refractivity contribution is -0.161. The van der Waals surface area contributed by atoms with E-state index in [0.717, 1.165) is 43.4 Å². The summed E-state index contributed by atoms with van der Waals surface area (Å²) >= 11 is 0. The van der Waals surface area contributed by atoms with E-state index in [1.165, 1.54) is 19.3 Å². The van der Waals surface area contributed by atoms with E-state index >= 15 is 0 Å². The average molecular weight is 342 g/mol. The summed E-state index contributed by atoms with van der Waals surface area (Å²) in [5, 5.41) is 0. The Morgan fingerprint density at radius 2 is 1.56 bits per heavy atom. The molecule has 0 aliphatic heterocycles. The van der Waals surface area contributed by atoms with Gasteiger partial charge in [0.25, 0.3) is 0 Å². The summed E-state index contributed by atoms with van der Waals surface area (Å²) in [5.41, 5.74) is 0.232. The third-order valence-corrected chi connectivity index (χ3v) is 6.21. The van der Waals surface area contributed by atoms with Gasteiger partial charge in [-0.3, -0.25) is 4.79 Å². The van der Waals surface area contributed by atoms with Crippen LogP contribution in [0.5, 0.6) is 5.75 Å². The molecule has 25 heavy (non-hydrogen) atoms. The molecule has 4 saturated carbocycles. The van der Waals surface area contributed by atoms with Crippen LogP contribution in [0.25, 0.3) is 0 Å². The van der Waals surface area contributed by atoms with Gasteiger partial charge in [0.1, 0.15) is 5.75 Å². The largest absolute Gasteiger partial charge is 0.462 e. The molecule has 134 valence electrons. The summed E-state index contributed by atoms with van der Waals surface area (Å²) in [5.74, 6) is 2.28. The predicted molar refractivity (Wildman–Crippen MR) is 93.3 cm³/mol. The van der Waals surface area contributed by atoms with Crippen molar-refractivity contribution in [2.45, 2.75) is 51.9 Å². The first-order valence-corrected chi connectivity index (χ1v) is 9.57. The van der Waals surface area contributed by atoms with Gasteiger partial charge in [0.05, 0.1) is 17.6 Å². The molecule has 0 atom stereocenters. The smallest absolute Gasteiger partial charge is 0.338 e. The zero-order chi connectivity index (χ0) is 17.4. The molecule has 4 aliphatic carbocycles. The molecule has 1 aromatic rings. The first-order chi connectivity index (χ1) is 12.1. The number of ether oxygens (including phenoxy) is 2. The van der Waals surface area contributed by atoms with Crippen molar-refractivity contribution in [2.75, 3.05) is 6.61 Å². The third-order valence-electron chi connectivity index (χ3n) is 6.21. The van der Waals surface area contributed by atoms with Crippen molar-refractivity contribution in [3.05, 3.63) is 29.8 Å². The summed E-state index contributed by atoms with van der Waals surface area (Å²) in [7, 11) is 0. The molecule has 0 unspecified atom stereocenters. The molecule has 0 saturated heterocycles. The maximum Gasteiger partial charge on any atom is 0.338 e. The van der Waals surface area contributed by atoms with Crippen LogP contribution in [0.2, 0.25) is 0 Å². The number of hydrogen-bond donors (Lipinski definition) is 0. The van der Waals surface area contributed by atoms with Crippen molar-refractivity contribution in [3.8, 4) is 5.75 Å². The molecule has 5 rings (SSSR count). The van der Waals surface area contributed by atoms with E-state index in [1.807, 2.05) is 6.92 Å². The van der Waals surface area contributed by atoms with Gasteiger partial charge in [-0.2, -0.15) is 0 Å². The van der Waals surface area contributed by atoms with Crippen LogP contribution in [-0.2, 0) is 9.53 Å². The Labute approximate surface area is 148 Å². The normalized spacial score (nSPS) is 32.4. The number of carbonyl (C=O) groups excluding carboxylic acids is 2. The second kappa shape index (κ2) is 6.47. The van der Waals surface area contributed by atoms with Crippen LogP contribution in [0.1, 0.15) is 62.2 Å². The number of benzene rings is 1. The van der Waals surface area contributed by atoms with Gasteiger partial charge in [-0.1, -0.05) is 6.92 Å². The molecule has 4 nitrogen and oxygen atoms in total. The fourth-order valence-corrected chi connectivity index (χ4v) is 5.51. The second-order valence-corrected chi connectivity index (χ2v) is 8.25. The van der Waals surface area contributed by atoms with E-state index in [9.17, 15) is 9.59 Å². The average Bonchev–Trinajstić information content (AvgIpc) is 2.59. The van der Waals surface area contributed by atoms with E-state index in [2.05, 4.69) is 0 Å². The van der Waals surface area contributed by atoms with E-state index in [-0.39, 0.29) is 17.4 Å². The molecule has 4 fully saturated rings. The zero-order valence-electron chi connectivity index (χ0n) is 14.8. The van der Waals surface area contributed by atoms with Crippen LogP contribution in [-0.4, -0.2) is 18.5 Å². The Morgan fingerprint density at radius 1 is 1.00 bits per heavy atom. The van der Waals surface area contributed by atoms with Crippen molar-refractivity contribution in [1.29, 1.82) is 0 Å². The topological polar surface area (TPSA) is 52.6 Å². The standard InChI is InChI=1S/C21H26O4/c1-2-7-24-19(22)17-3-5-18(6-4-17)25-20(23)21-11-14-8-15(12-21)10-16(9-14)13-21/h3-6,14-16H,2,7-13H2,1H3. The Bertz CT molecular complexity index is 626. The maximum absolute atomic E-state index is 12.9. The molecule has 0 radical (unpaired) electrons. The SMILES string of the molecule is CCCOC(=O)c1ccc(OC(=O)C23CC4CC(CC(C4)C2)C3)cc1. The minimum atomic E-state index is -0.333. The van der Waals surface area contributed by atoms with Crippen molar-refractivity contribution in [2.24, 2.45) is 23.2 Å². The van der Waals surface area contributed by atoms with E-state index in [1.54, 1.807) is 24.3 Å². The van der Waals surface area contributed by atoms with Gasteiger partial charge in [-0.25, -0.2) is 4.79 Å². The highest BCUT2D eigenvalue weighted by molar-refractivity contribution is 5.89. The van der Waals surface area contributed by atoms with Crippen LogP contribution < -0.4 is 4.74 Å². The summed E-state index contributed by atoms with van der Waals surface area (Å²) in [6.07, 6.45) is 7.72. The first kappa shape index (κ1) is 16.6. The molecule has 0 aromatic heterocycles. The van der Waals surface area contributed by atoms with Crippen LogP contribution in [0.3, 0.4) is 0 Å². The molecule has 4 bridgehead atoms. The number of carbonyl (C=O) groups is 2. The Kier molecular flexibility index (Phi) is 4.30. The lowest BCUT2D eigenvalue weighted by Crippen LogP contribution is -2.51. The number of hydrogen-bond acceptors (Lipinski definition) is 4. The lowest BCUT2D eigenvalue weighted by Gasteiger charge is -2.55. The predicted octanol–water partition coefficient (Wildman–Crippen LogP) is 4.38. The number of rotatable bonds is 5. The molecule has 0 N–H and O–H groups in total. The molecule has 0 heterocycles. The molecular weight excluding hydrogens is 316 g/mol. The van der Waals surface area contributed by atoms with E-state index in [4.69, 9.17) is 9.47 Å². The number of esters is 2. The zero-order valence-corrected chi connectivity index (χ0v) is 14.8. The van der Waals surface area contributed by atoms with Gasteiger partial charge < -0.3 is 9.47 Å². The fourth-order valence-electron chi connectivity index (χ4n) is 5.51. The molecule has 4 heteroatoms. The first-order valence-electron chi connectivity index (χ1n) is 9.57. The molecule has 1 aromatic carbocycles. The highest BCUT2D eigenvalue weighted by Crippen LogP contribution is 2.60. The monoisotopic (exact) mass is 342 g/mol. The summed E-state index contributed by atoms with van der Waals surface area (Å²) in [4.78, 5) is 24.7. The Hall–Kier alpha value is -1.84. The van der Waals surface area contributed by atoms with Gasteiger partial charge in [-0.05, 0) is 87.0 Å². The van der Waals surface area contributed by atoms with Crippen molar-refractivity contribution < 1.29 is 19.1 Å². The highest BCUT2D eigenvalue weighted by Gasteiger charge is 2.55. The minimum absolute atomic E-state index is 0.0621. The van der Waals surface area contributed by atoms with Crippen LogP contribution >= 0.6 is 0 Å². The Morgan fingerprint density at radius 3 is 2.08 bits per heavy atom. The molecular formula is C21H26O4. The lowest BCUT2D eigenvalue weighted by atomic mass is 9.49. The maximum atomic E-state index is 12.9. The van der Waals surface area contributed by atoms with Crippen molar-refractivity contribution in [1.82, 2.24) is 0 Å². The Balaban J connectivity index is 1.42. The van der Waals surface area contributed by atoms with Gasteiger partial charge in [0.2, 0.25) is 0 Å². The van der Waals surface area contributed by atoms with Crippen molar-refractivity contribution in [3.63, 3.8) is 0 Å². The molecule has 0 spiro atoms. The third kappa shape index (κ3) is 3.19. The van der Waals surface area contributed by atoms with Crippen molar-refractivity contribution >= 4 is 11.9 Å².